The van der Waals surface area contributed by atoms with Crippen LogP contribution in [0.15, 0.2) is 0 Å². The number of carboxylic acids is 1. The molecular weight excluding hydrogens is 226 g/mol. The Labute approximate surface area is 101 Å². The van der Waals surface area contributed by atoms with Crippen molar-refractivity contribution in [3.8, 4) is 0 Å². The van der Waals surface area contributed by atoms with Crippen LogP contribution in [0.2, 0.25) is 0 Å². The molecule has 0 aromatic carbocycles. The number of hydrogen-bond donors (Lipinski definition) is 2. The van der Waals surface area contributed by atoms with Crippen LogP contribution in [-0.4, -0.2) is 62.8 Å². The first kappa shape index (κ1) is 14.4. The highest BCUT2D eigenvalue weighted by atomic mass is 16.6. The molecular formula is C11H21NO5. The summed E-state index contributed by atoms with van der Waals surface area (Å²) in [4.78, 5) is 11.2. The van der Waals surface area contributed by atoms with Crippen molar-refractivity contribution in [2.75, 3.05) is 40.1 Å². The molecule has 2 N–H and O–H groups in total. The minimum atomic E-state index is -0.989. The second-order valence-corrected chi connectivity index (χ2v) is 4.33. The summed E-state index contributed by atoms with van der Waals surface area (Å²) in [6.45, 7) is 4.19. The largest absolute Gasteiger partial charge is 0.480 e. The van der Waals surface area contributed by atoms with E-state index < -0.39 is 11.5 Å². The van der Waals surface area contributed by atoms with Gasteiger partial charge in [-0.1, -0.05) is 0 Å². The summed E-state index contributed by atoms with van der Waals surface area (Å²) in [5.41, 5.74) is -0.989. The number of carbonyl (C=O) groups is 1. The van der Waals surface area contributed by atoms with E-state index in [1.165, 1.54) is 0 Å². The van der Waals surface area contributed by atoms with E-state index in [2.05, 4.69) is 5.32 Å². The molecule has 1 aliphatic heterocycles. The van der Waals surface area contributed by atoms with Gasteiger partial charge < -0.3 is 19.3 Å². The molecule has 0 bridgehead atoms. The van der Waals surface area contributed by atoms with Crippen LogP contribution in [0.4, 0.5) is 0 Å². The lowest BCUT2D eigenvalue weighted by atomic mass is 9.98. The fourth-order valence-corrected chi connectivity index (χ4v) is 1.57. The lowest BCUT2D eigenvalue weighted by Crippen LogP contribution is -2.53. The number of methoxy groups -OCH3 is 1. The Kier molecular flexibility index (Phi) is 5.84. The van der Waals surface area contributed by atoms with Crippen LogP contribution in [0.1, 0.15) is 13.3 Å². The van der Waals surface area contributed by atoms with Crippen LogP contribution in [0.25, 0.3) is 0 Å². The van der Waals surface area contributed by atoms with Gasteiger partial charge in [-0.3, -0.25) is 10.1 Å². The van der Waals surface area contributed by atoms with Gasteiger partial charge in [-0.05, 0) is 13.3 Å². The van der Waals surface area contributed by atoms with Crippen molar-refractivity contribution >= 4 is 5.97 Å². The molecule has 1 rings (SSSR count). The maximum absolute atomic E-state index is 11.2. The molecule has 1 aliphatic rings. The van der Waals surface area contributed by atoms with Crippen molar-refractivity contribution in [1.82, 2.24) is 5.32 Å². The summed E-state index contributed by atoms with van der Waals surface area (Å²) >= 11 is 0. The number of ether oxygens (including phenoxy) is 3. The highest BCUT2D eigenvalue weighted by Crippen LogP contribution is 2.11. The first-order valence-corrected chi connectivity index (χ1v) is 5.75. The molecule has 1 heterocycles. The molecule has 1 saturated heterocycles. The van der Waals surface area contributed by atoms with Gasteiger partial charge in [-0.15, -0.1) is 0 Å². The van der Waals surface area contributed by atoms with E-state index >= 15 is 0 Å². The number of hydrogen-bond acceptors (Lipinski definition) is 5. The zero-order chi connectivity index (χ0) is 12.7. The van der Waals surface area contributed by atoms with Crippen LogP contribution in [-0.2, 0) is 19.0 Å². The summed E-state index contributed by atoms with van der Waals surface area (Å²) in [6, 6.07) is 0. The number of rotatable bonds is 7. The van der Waals surface area contributed by atoms with Gasteiger partial charge in [0.25, 0.3) is 0 Å². The minimum Gasteiger partial charge on any atom is -0.480 e. The highest BCUT2D eigenvalue weighted by Gasteiger charge is 2.33. The molecule has 6 nitrogen and oxygen atoms in total. The van der Waals surface area contributed by atoms with Crippen molar-refractivity contribution in [3.63, 3.8) is 0 Å². The maximum Gasteiger partial charge on any atom is 0.323 e. The van der Waals surface area contributed by atoms with E-state index in [0.717, 1.165) is 0 Å². The molecule has 0 radical (unpaired) electrons. The third kappa shape index (κ3) is 4.59. The molecule has 6 heteroatoms. The van der Waals surface area contributed by atoms with E-state index in [9.17, 15) is 9.90 Å². The molecule has 1 fully saturated rings. The van der Waals surface area contributed by atoms with Gasteiger partial charge in [0.1, 0.15) is 5.54 Å². The third-order valence-electron chi connectivity index (χ3n) is 2.88. The molecule has 0 amide bonds. The van der Waals surface area contributed by atoms with E-state index in [1.54, 1.807) is 14.0 Å². The van der Waals surface area contributed by atoms with Crippen molar-refractivity contribution in [3.05, 3.63) is 0 Å². The molecule has 100 valence electrons. The molecule has 2 atom stereocenters. The minimum absolute atomic E-state index is 0.0787. The second-order valence-electron chi connectivity index (χ2n) is 4.33. The van der Waals surface area contributed by atoms with Gasteiger partial charge in [0, 0.05) is 20.3 Å². The van der Waals surface area contributed by atoms with E-state index in [1.807, 2.05) is 0 Å². The fraction of sp³-hybridized carbons (Fsp3) is 0.909. The lowest BCUT2D eigenvalue weighted by Gasteiger charge is -2.30. The van der Waals surface area contributed by atoms with Gasteiger partial charge in [0.05, 0.1) is 25.9 Å². The quantitative estimate of drug-likeness (QED) is 0.652. The Morgan fingerprint density at radius 1 is 1.59 bits per heavy atom. The van der Waals surface area contributed by atoms with Crippen molar-refractivity contribution in [1.29, 1.82) is 0 Å². The third-order valence-corrected chi connectivity index (χ3v) is 2.88. The number of nitrogens with one attached hydrogen (secondary N) is 1. The summed E-state index contributed by atoms with van der Waals surface area (Å²) in [6.07, 6.45) is 0.330. The van der Waals surface area contributed by atoms with Gasteiger partial charge in [-0.25, -0.2) is 0 Å². The van der Waals surface area contributed by atoms with Crippen molar-refractivity contribution in [2.45, 2.75) is 25.0 Å². The monoisotopic (exact) mass is 247 g/mol. The predicted molar refractivity (Wildman–Crippen MR) is 61.1 cm³/mol. The molecule has 0 saturated carbocycles. The van der Waals surface area contributed by atoms with Crippen LogP contribution in [0.5, 0.6) is 0 Å². The van der Waals surface area contributed by atoms with Crippen molar-refractivity contribution < 1.29 is 24.1 Å². The zero-order valence-electron chi connectivity index (χ0n) is 10.4. The zero-order valence-corrected chi connectivity index (χ0v) is 10.4. The van der Waals surface area contributed by atoms with Gasteiger partial charge in [0.15, 0.2) is 0 Å². The summed E-state index contributed by atoms with van der Waals surface area (Å²) < 4.78 is 15.6. The molecule has 0 aliphatic carbocycles. The van der Waals surface area contributed by atoms with Crippen LogP contribution in [0, 0.1) is 0 Å². The molecule has 0 aromatic heterocycles. The summed E-state index contributed by atoms with van der Waals surface area (Å²) in [5, 5.41) is 12.2. The van der Waals surface area contributed by atoms with E-state index in [-0.39, 0.29) is 6.10 Å². The molecule has 2 unspecified atom stereocenters. The first-order valence-electron chi connectivity index (χ1n) is 5.75. The maximum atomic E-state index is 11.2. The Hall–Kier alpha value is -0.690. The fourth-order valence-electron chi connectivity index (χ4n) is 1.57. The smallest absolute Gasteiger partial charge is 0.323 e. The topological polar surface area (TPSA) is 77.0 Å². The number of aliphatic carboxylic acids is 1. The average Bonchev–Trinajstić information content (AvgIpc) is 2.35. The Balaban J connectivity index is 2.39. The van der Waals surface area contributed by atoms with E-state index in [0.29, 0.717) is 39.4 Å². The second kappa shape index (κ2) is 6.90. The van der Waals surface area contributed by atoms with Gasteiger partial charge in [-0.2, -0.15) is 0 Å². The highest BCUT2D eigenvalue weighted by molar-refractivity contribution is 5.78. The van der Waals surface area contributed by atoms with E-state index in [4.69, 9.17) is 14.2 Å². The predicted octanol–water partition coefficient (Wildman–Crippen LogP) is -0.129. The standard InChI is InChI=1S/C11H21NO5/c1-11(10(13)14,3-4-15-2)12-7-9-8-16-5-6-17-9/h9,12H,3-8H2,1-2H3,(H,13,14). The summed E-state index contributed by atoms with van der Waals surface area (Å²) in [7, 11) is 1.56. The Bertz CT molecular complexity index is 242. The normalized spacial score (nSPS) is 24.2. The summed E-state index contributed by atoms with van der Waals surface area (Å²) in [5.74, 6) is -0.883. The first-order chi connectivity index (χ1) is 8.08. The average molecular weight is 247 g/mol. The Morgan fingerprint density at radius 2 is 2.35 bits per heavy atom. The van der Waals surface area contributed by atoms with Crippen molar-refractivity contribution in [2.24, 2.45) is 0 Å². The van der Waals surface area contributed by atoms with Crippen LogP contribution < -0.4 is 5.32 Å². The van der Waals surface area contributed by atoms with Gasteiger partial charge in [0.2, 0.25) is 0 Å². The Morgan fingerprint density at radius 3 is 2.88 bits per heavy atom. The molecule has 17 heavy (non-hydrogen) atoms. The lowest BCUT2D eigenvalue weighted by molar-refractivity contribution is -0.146. The SMILES string of the molecule is COCCC(C)(NCC1COCCO1)C(=O)O. The van der Waals surface area contributed by atoms with Gasteiger partial charge >= 0.3 is 5.97 Å². The van der Waals surface area contributed by atoms with Crippen LogP contribution in [0.3, 0.4) is 0 Å². The molecule has 0 aromatic rings. The van der Waals surface area contributed by atoms with Crippen LogP contribution >= 0.6 is 0 Å². The molecule has 0 spiro atoms. The number of carboxylic acid groups (broad SMARTS) is 1.